The summed E-state index contributed by atoms with van der Waals surface area (Å²) in [5.74, 6) is 0.811. The largest absolute Gasteiger partial charge is 0.455 e. The number of fused-ring (bicyclic) bond motifs is 1. The van der Waals surface area contributed by atoms with Crippen LogP contribution in [-0.4, -0.2) is 30.4 Å². The number of Topliss-reactive ketones (excluding diaryl/α,β-unsaturated/α-hetero) is 1. The minimum absolute atomic E-state index is 0.0466. The molecule has 3 rings (SSSR count). The lowest BCUT2D eigenvalue weighted by molar-refractivity contribution is 0.0865. The average Bonchev–Trinajstić information content (AvgIpc) is 3.11. The predicted octanol–water partition coefficient (Wildman–Crippen LogP) is 3.82. The van der Waals surface area contributed by atoms with Crippen molar-refractivity contribution in [1.29, 1.82) is 0 Å². The van der Waals surface area contributed by atoms with Crippen molar-refractivity contribution in [1.82, 2.24) is 5.32 Å². The number of rotatable bonds is 5. The maximum atomic E-state index is 12.6. The number of hydrogen-bond acceptors (Lipinski definition) is 4. The molecular weight excluding hydrogens is 318 g/mol. The van der Waals surface area contributed by atoms with Gasteiger partial charge < -0.3 is 14.5 Å². The lowest BCUT2D eigenvalue weighted by atomic mass is 9.76. The zero-order chi connectivity index (χ0) is 18.2. The number of ketones is 1. The summed E-state index contributed by atoms with van der Waals surface area (Å²) >= 11 is 0. The quantitative estimate of drug-likeness (QED) is 0.879. The Hall–Kier alpha value is -1.62. The minimum Gasteiger partial charge on any atom is -0.455 e. The van der Waals surface area contributed by atoms with Crippen LogP contribution in [0.5, 0.6) is 0 Å². The van der Waals surface area contributed by atoms with Crippen molar-refractivity contribution < 1.29 is 18.7 Å². The Morgan fingerprint density at radius 1 is 1.36 bits per heavy atom. The van der Waals surface area contributed by atoms with Crippen LogP contribution in [0.15, 0.2) is 4.42 Å². The van der Waals surface area contributed by atoms with Gasteiger partial charge in [-0.2, -0.15) is 0 Å². The van der Waals surface area contributed by atoms with E-state index in [4.69, 9.17) is 9.15 Å². The molecule has 0 spiro atoms. The van der Waals surface area contributed by atoms with Crippen molar-refractivity contribution >= 4 is 11.7 Å². The van der Waals surface area contributed by atoms with Gasteiger partial charge in [-0.15, -0.1) is 0 Å². The van der Waals surface area contributed by atoms with Gasteiger partial charge in [0.2, 0.25) is 0 Å². The molecule has 0 saturated carbocycles. The lowest BCUT2D eigenvalue weighted by Gasteiger charge is -2.27. The molecule has 1 fully saturated rings. The van der Waals surface area contributed by atoms with Crippen LogP contribution >= 0.6 is 0 Å². The molecule has 5 nitrogen and oxygen atoms in total. The molecule has 1 amide bonds. The highest BCUT2D eigenvalue weighted by Crippen LogP contribution is 2.38. The first-order chi connectivity index (χ1) is 11.8. The Kier molecular flexibility index (Phi) is 5.05. The Balaban J connectivity index is 1.65. The number of ether oxygens (including phenoxy) is 1. The van der Waals surface area contributed by atoms with Crippen molar-refractivity contribution in [3.8, 4) is 0 Å². The molecule has 1 N–H and O–H groups in total. The highest BCUT2D eigenvalue weighted by Gasteiger charge is 2.37. The van der Waals surface area contributed by atoms with Crippen LogP contribution in [0.2, 0.25) is 0 Å². The minimum atomic E-state index is -0.225. The third-order valence-electron chi connectivity index (χ3n) is 5.31. The summed E-state index contributed by atoms with van der Waals surface area (Å²) in [4.78, 5) is 25.0. The molecule has 1 aromatic rings. The Morgan fingerprint density at radius 2 is 2.12 bits per heavy atom. The van der Waals surface area contributed by atoms with Gasteiger partial charge in [0.25, 0.3) is 5.91 Å². The fraction of sp³-hybridized carbons (Fsp3) is 0.700. The summed E-state index contributed by atoms with van der Waals surface area (Å²) < 4.78 is 11.5. The number of carbonyl (C=O) groups excluding carboxylic acids is 2. The maximum Gasteiger partial charge on any atom is 0.287 e. The van der Waals surface area contributed by atoms with Gasteiger partial charge in [-0.1, -0.05) is 13.8 Å². The Labute approximate surface area is 149 Å². The van der Waals surface area contributed by atoms with Crippen LogP contribution in [0.3, 0.4) is 0 Å². The zero-order valence-corrected chi connectivity index (χ0v) is 15.7. The van der Waals surface area contributed by atoms with E-state index in [9.17, 15) is 9.59 Å². The van der Waals surface area contributed by atoms with E-state index in [0.717, 1.165) is 32.3 Å². The first kappa shape index (κ1) is 18.2. The molecule has 1 aliphatic carbocycles. The van der Waals surface area contributed by atoms with E-state index in [-0.39, 0.29) is 23.1 Å². The summed E-state index contributed by atoms with van der Waals surface area (Å²) in [6.45, 7) is 8.77. The molecule has 0 unspecified atom stereocenters. The number of furan rings is 1. The second-order valence-electron chi connectivity index (χ2n) is 8.38. The third kappa shape index (κ3) is 3.97. The SMILES string of the molecule is Cc1c(C(=O)N[C@@H](C)CC[C@H]2CCCO2)oc2c1C(=O)CC(C)(C)C2. The number of hydrogen-bond donors (Lipinski definition) is 1. The van der Waals surface area contributed by atoms with Crippen LogP contribution in [-0.2, 0) is 11.2 Å². The average molecular weight is 347 g/mol. The molecule has 5 heteroatoms. The van der Waals surface area contributed by atoms with E-state index >= 15 is 0 Å². The molecule has 0 bridgehead atoms. The molecule has 2 aliphatic rings. The lowest BCUT2D eigenvalue weighted by Crippen LogP contribution is -2.33. The van der Waals surface area contributed by atoms with Gasteiger partial charge in [0, 0.05) is 31.1 Å². The second kappa shape index (κ2) is 6.94. The molecule has 1 aliphatic heterocycles. The molecule has 25 heavy (non-hydrogen) atoms. The van der Waals surface area contributed by atoms with E-state index in [1.165, 1.54) is 0 Å². The molecular formula is C20H29NO4. The molecule has 138 valence electrons. The van der Waals surface area contributed by atoms with Crippen LogP contribution in [0.25, 0.3) is 0 Å². The Bertz CT molecular complexity index is 667. The first-order valence-corrected chi connectivity index (χ1v) is 9.35. The van der Waals surface area contributed by atoms with Gasteiger partial charge in [0.15, 0.2) is 11.5 Å². The van der Waals surface area contributed by atoms with Crippen molar-refractivity contribution in [3.05, 3.63) is 22.6 Å². The molecule has 2 heterocycles. The maximum absolute atomic E-state index is 12.6. The van der Waals surface area contributed by atoms with Gasteiger partial charge in [-0.3, -0.25) is 9.59 Å². The van der Waals surface area contributed by atoms with E-state index in [1.54, 1.807) is 0 Å². The number of carbonyl (C=O) groups is 2. The normalized spacial score (nSPS) is 23.4. The van der Waals surface area contributed by atoms with Gasteiger partial charge in [0.05, 0.1) is 11.7 Å². The van der Waals surface area contributed by atoms with Crippen LogP contribution in [0, 0.1) is 12.3 Å². The first-order valence-electron chi connectivity index (χ1n) is 9.35. The smallest absolute Gasteiger partial charge is 0.287 e. The van der Waals surface area contributed by atoms with Gasteiger partial charge in [0.1, 0.15) is 5.76 Å². The summed E-state index contributed by atoms with van der Waals surface area (Å²) in [5.41, 5.74) is 1.19. The van der Waals surface area contributed by atoms with Crippen molar-refractivity contribution in [2.24, 2.45) is 5.41 Å². The predicted molar refractivity (Wildman–Crippen MR) is 95.0 cm³/mol. The topological polar surface area (TPSA) is 68.5 Å². The molecule has 2 atom stereocenters. The highest BCUT2D eigenvalue weighted by molar-refractivity contribution is 6.03. The third-order valence-corrected chi connectivity index (χ3v) is 5.31. The van der Waals surface area contributed by atoms with Crippen molar-refractivity contribution in [2.45, 2.75) is 78.4 Å². The molecule has 0 radical (unpaired) electrons. The molecule has 1 saturated heterocycles. The summed E-state index contributed by atoms with van der Waals surface area (Å²) in [5, 5.41) is 3.01. The standard InChI is InChI=1S/C20H29NO4/c1-12(7-8-14-6-5-9-24-14)21-19(23)18-13(2)17-15(22)10-20(3,4)11-16(17)25-18/h12,14H,5-11H2,1-4H3,(H,21,23)/t12-,14+/m0/s1. The van der Waals surface area contributed by atoms with E-state index in [1.807, 2.05) is 13.8 Å². The van der Waals surface area contributed by atoms with Crippen LogP contribution in [0.1, 0.15) is 85.1 Å². The second-order valence-corrected chi connectivity index (χ2v) is 8.38. The van der Waals surface area contributed by atoms with E-state index in [2.05, 4.69) is 19.2 Å². The number of nitrogens with one attached hydrogen (secondary N) is 1. The van der Waals surface area contributed by atoms with Crippen LogP contribution < -0.4 is 5.32 Å². The summed E-state index contributed by atoms with van der Waals surface area (Å²) in [6.07, 6.45) is 5.60. The van der Waals surface area contributed by atoms with Gasteiger partial charge in [-0.25, -0.2) is 0 Å². The molecule has 0 aromatic carbocycles. The van der Waals surface area contributed by atoms with Crippen molar-refractivity contribution in [3.63, 3.8) is 0 Å². The van der Waals surface area contributed by atoms with Crippen molar-refractivity contribution in [2.75, 3.05) is 6.61 Å². The van der Waals surface area contributed by atoms with E-state index in [0.29, 0.717) is 41.6 Å². The highest BCUT2D eigenvalue weighted by atomic mass is 16.5. The van der Waals surface area contributed by atoms with Crippen LogP contribution in [0.4, 0.5) is 0 Å². The number of amides is 1. The van der Waals surface area contributed by atoms with Gasteiger partial charge in [-0.05, 0) is 44.9 Å². The summed E-state index contributed by atoms with van der Waals surface area (Å²) in [7, 11) is 0. The van der Waals surface area contributed by atoms with E-state index < -0.39 is 0 Å². The van der Waals surface area contributed by atoms with Gasteiger partial charge >= 0.3 is 0 Å². The summed E-state index contributed by atoms with van der Waals surface area (Å²) in [6, 6.07) is 0.0466. The zero-order valence-electron chi connectivity index (χ0n) is 15.7. The fourth-order valence-corrected chi connectivity index (χ4v) is 3.97. The Morgan fingerprint density at radius 3 is 2.80 bits per heavy atom. The monoisotopic (exact) mass is 347 g/mol. The molecule has 1 aromatic heterocycles. The fourth-order valence-electron chi connectivity index (χ4n) is 3.97.